The van der Waals surface area contributed by atoms with Crippen LogP contribution in [-0.2, 0) is 38.7 Å². The summed E-state index contributed by atoms with van der Waals surface area (Å²) >= 11 is 0. The molecular weight excluding hydrogens is 281 g/mol. The summed E-state index contributed by atoms with van der Waals surface area (Å²) in [6, 6.07) is 0. The molecule has 0 saturated carbocycles. The maximum Gasteiger partial charge on any atom is 2.00 e. The number of carbonyl (C=O) groups is 4. The second kappa shape index (κ2) is 13.0. The second-order valence-corrected chi connectivity index (χ2v) is 2.92. The molecule has 92 valence electrons. The first-order valence-electron chi connectivity index (χ1n) is 4.85. The molecular formula is C10H14O6Zn. The minimum Gasteiger partial charge on any atom is -0.542 e. The number of hydrogen-bond donors (Lipinski definition) is 0. The van der Waals surface area contributed by atoms with E-state index in [4.69, 9.17) is 0 Å². The zero-order valence-corrected chi connectivity index (χ0v) is 13.0. The maximum atomic E-state index is 10.1. The molecule has 0 aromatic rings. The molecule has 6 nitrogen and oxygen atoms in total. The molecule has 0 rings (SSSR count). The predicted molar refractivity (Wildman–Crippen MR) is 49.8 cm³/mol. The van der Waals surface area contributed by atoms with E-state index < -0.39 is 23.5 Å². The topological polar surface area (TPSA) is 114 Å². The summed E-state index contributed by atoms with van der Waals surface area (Å²) in [5.41, 5.74) is 0. The van der Waals surface area contributed by atoms with Gasteiger partial charge in [-0.1, -0.05) is 13.8 Å². The van der Waals surface area contributed by atoms with Crippen molar-refractivity contribution in [2.75, 3.05) is 0 Å². The van der Waals surface area contributed by atoms with E-state index in [0.29, 0.717) is 12.8 Å². The first-order valence-corrected chi connectivity index (χ1v) is 4.85. The number of rotatable bonds is 6. The summed E-state index contributed by atoms with van der Waals surface area (Å²) in [5.74, 6) is -4.78. The number of aliphatic carboxylic acids is 2. The molecule has 0 radical (unpaired) electrons. The van der Waals surface area contributed by atoms with E-state index in [9.17, 15) is 29.4 Å². The van der Waals surface area contributed by atoms with Crippen molar-refractivity contribution in [2.45, 2.75) is 39.5 Å². The Labute approximate surface area is 112 Å². The Morgan fingerprint density at radius 1 is 0.765 bits per heavy atom. The molecule has 7 heteroatoms. The Bertz CT molecular complexity index is 246. The van der Waals surface area contributed by atoms with Crippen molar-refractivity contribution in [1.82, 2.24) is 0 Å². The van der Waals surface area contributed by atoms with E-state index in [2.05, 4.69) is 0 Å². The van der Waals surface area contributed by atoms with Crippen LogP contribution >= 0.6 is 0 Å². The largest absolute Gasteiger partial charge is 2.00 e. The Kier molecular flexibility index (Phi) is 16.2. The Morgan fingerprint density at radius 3 is 1.06 bits per heavy atom. The van der Waals surface area contributed by atoms with Crippen LogP contribution in [0, 0.1) is 0 Å². The number of carboxylic acids is 2. The molecule has 0 spiro atoms. The van der Waals surface area contributed by atoms with Crippen LogP contribution in [0.3, 0.4) is 0 Å². The van der Waals surface area contributed by atoms with Crippen molar-refractivity contribution in [2.24, 2.45) is 0 Å². The van der Waals surface area contributed by atoms with Gasteiger partial charge in [-0.05, 0) is 12.8 Å². The maximum absolute atomic E-state index is 10.1. The van der Waals surface area contributed by atoms with E-state index >= 15 is 0 Å². The molecule has 0 fully saturated rings. The third-order valence-corrected chi connectivity index (χ3v) is 1.41. The van der Waals surface area contributed by atoms with Crippen LogP contribution < -0.4 is 10.2 Å². The fourth-order valence-corrected chi connectivity index (χ4v) is 0.658. The number of carboxylic acid groups (broad SMARTS) is 2. The van der Waals surface area contributed by atoms with Gasteiger partial charge in [-0.25, -0.2) is 0 Å². The quantitative estimate of drug-likeness (QED) is 0.422. The molecule has 0 atom stereocenters. The smallest absolute Gasteiger partial charge is 0.542 e. The van der Waals surface area contributed by atoms with Crippen LogP contribution in [0.1, 0.15) is 39.5 Å². The summed E-state index contributed by atoms with van der Waals surface area (Å²) in [7, 11) is 0. The minimum absolute atomic E-state index is 0. The van der Waals surface area contributed by atoms with Crippen molar-refractivity contribution in [3.63, 3.8) is 0 Å². The molecule has 0 saturated heterocycles. The summed E-state index contributed by atoms with van der Waals surface area (Å²) in [5, 5.41) is 19.3. The predicted octanol–water partition coefficient (Wildman–Crippen LogP) is -1.79. The molecule has 0 aliphatic carbocycles. The van der Waals surface area contributed by atoms with Crippen LogP contribution in [0.4, 0.5) is 0 Å². The van der Waals surface area contributed by atoms with Gasteiger partial charge in [0.05, 0.1) is 0 Å². The minimum atomic E-state index is -1.58. The average Bonchev–Trinajstić information content (AvgIpc) is 2.19. The van der Waals surface area contributed by atoms with Crippen molar-refractivity contribution < 1.29 is 48.9 Å². The Balaban J connectivity index is -0.000000218. The molecule has 0 aromatic carbocycles. The van der Waals surface area contributed by atoms with Gasteiger partial charge in [-0.2, -0.15) is 0 Å². The van der Waals surface area contributed by atoms with Gasteiger partial charge in [0.2, 0.25) is 0 Å². The van der Waals surface area contributed by atoms with Gasteiger partial charge in [0.1, 0.15) is 11.9 Å². The van der Waals surface area contributed by atoms with Gasteiger partial charge in [0, 0.05) is 12.8 Å². The summed E-state index contributed by atoms with van der Waals surface area (Å²) < 4.78 is 0. The SMILES string of the molecule is CCCC(=O)C(=O)[O-].CCCC(=O)C(=O)[O-].[Zn+2]. The van der Waals surface area contributed by atoms with Crippen LogP contribution in [0.25, 0.3) is 0 Å². The van der Waals surface area contributed by atoms with E-state index in [1.807, 2.05) is 0 Å². The van der Waals surface area contributed by atoms with Crippen molar-refractivity contribution >= 4 is 23.5 Å². The zero-order valence-electron chi connectivity index (χ0n) is 9.99. The molecule has 0 amide bonds. The fraction of sp³-hybridized carbons (Fsp3) is 0.600. The van der Waals surface area contributed by atoms with Crippen molar-refractivity contribution in [3.05, 3.63) is 0 Å². The standard InChI is InChI=1S/2C5H8O3.Zn/c2*1-2-3-4(6)5(7)8;/h2*2-3H2,1H3,(H,7,8);/q;;+2/p-2. The van der Waals surface area contributed by atoms with Crippen molar-refractivity contribution in [3.8, 4) is 0 Å². The average molecular weight is 296 g/mol. The molecule has 0 aliphatic rings. The number of Topliss-reactive ketones (excluding diaryl/α,β-unsaturated/α-hetero) is 2. The summed E-state index contributed by atoms with van der Waals surface area (Å²) in [6.07, 6.45) is 1.30. The first kappa shape index (κ1) is 21.2. The molecule has 0 N–H and O–H groups in total. The van der Waals surface area contributed by atoms with Gasteiger partial charge in [-0.3, -0.25) is 9.59 Å². The molecule has 17 heavy (non-hydrogen) atoms. The van der Waals surface area contributed by atoms with Gasteiger partial charge >= 0.3 is 19.5 Å². The summed E-state index contributed by atoms with van der Waals surface area (Å²) in [4.78, 5) is 39.4. The van der Waals surface area contributed by atoms with Gasteiger partial charge in [0.25, 0.3) is 0 Å². The van der Waals surface area contributed by atoms with Crippen LogP contribution in [0.2, 0.25) is 0 Å². The van der Waals surface area contributed by atoms with Crippen molar-refractivity contribution in [1.29, 1.82) is 0 Å². The van der Waals surface area contributed by atoms with E-state index in [-0.39, 0.29) is 32.3 Å². The number of ketones is 2. The van der Waals surface area contributed by atoms with Crippen LogP contribution in [0.15, 0.2) is 0 Å². The summed E-state index contributed by atoms with van der Waals surface area (Å²) in [6.45, 7) is 3.47. The molecule has 0 unspecified atom stereocenters. The monoisotopic (exact) mass is 294 g/mol. The van der Waals surface area contributed by atoms with Gasteiger partial charge < -0.3 is 19.8 Å². The van der Waals surface area contributed by atoms with E-state index in [1.165, 1.54) is 0 Å². The fourth-order valence-electron chi connectivity index (χ4n) is 0.658. The van der Waals surface area contributed by atoms with E-state index in [1.54, 1.807) is 13.8 Å². The zero-order chi connectivity index (χ0) is 13.1. The normalized spacial score (nSPS) is 8.12. The van der Waals surface area contributed by atoms with E-state index in [0.717, 1.165) is 0 Å². The molecule has 0 heterocycles. The van der Waals surface area contributed by atoms with Gasteiger partial charge in [0.15, 0.2) is 11.6 Å². The second-order valence-electron chi connectivity index (χ2n) is 2.92. The molecule has 0 aromatic heterocycles. The van der Waals surface area contributed by atoms with Crippen LogP contribution in [-0.4, -0.2) is 23.5 Å². The number of carbonyl (C=O) groups excluding carboxylic acids is 4. The molecule has 0 bridgehead atoms. The Hall–Kier alpha value is -1.10. The Morgan fingerprint density at radius 2 is 1.00 bits per heavy atom. The third kappa shape index (κ3) is 14.9. The van der Waals surface area contributed by atoms with Crippen LogP contribution in [0.5, 0.6) is 0 Å². The number of hydrogen-bond acceptors (Lipinski definition) is 6. The molecule has 0 aliphatic heterocycles. The third-order valence-electron chi connectivity index (χ3n) is 1.41. The first-order chi connectivity index (χ1) is 7.36. The van der Waals surface area contributed by atoms with Gasteiger partial charge in [-0.15, -0.1) is 0 Å².